The van der Waals surface area contributed by atoms with Gasteiger partial charge < -0.3 is 10.5 Å². The van der Waals surface area contributed by atoms with Gasteiger partial charge in [0.1, 0.15) is 17.1 Å². The molecule has 3 N–H and O–H groups in total. The van der Waals surface area contributed by atoms with Crippen molar-refractivity contribution in [3.8, 4) is 5.75 Å². The van der Waals surface area contributed by atoms with Crippen LogP contribution in [0.25, 0.3) is 16.0 Å². The zero-order valence-electron chi connectivity index (χ0n) is 12.0. The van der Waals surface area contributed by atoms with Gasteiger partial charge in [-0.1, -0.05) is 6.07 Å². The summed E-state index contributed by atoms with van der Waals surface area (Å²) < 4.78 is 29.1. The van der Waals surface area contributed by atoms with Crippen molar-refractivity contribution in [1.82, 2.24) is 20.4 Å². The summed E-state index contributed by atoms with van der Waals surface area (Å²) in [7, 11) is 0. The molecule has 0 atom stereocenters. The van der Waals surface area contributed by atoms with Gasteiger partial charge in [0.05, 0.1) is 6.57 Å². The molecule has 0 aliphatic rings. The van der Waals surface area contributed by atoms with E-state index in [9.17, 15) is 8.78 Å². The van der Waals surface area contributed by atoms with E-state index in [-0.39, 0.29) is 5.75 Å². The quantitative estimate of drug-likeness (QED) is 0.542. The van der Waals surface area contributed by atoms with E-state index in [1.165, 1.54) is 30.0 Å². The maximum Gasteiger partial charge on any atom is 0.387 e. The number of nitrogens with two attached hydrogens (primary N) is 1. The molecule has 3 rings (SSSR count). The highest BCUT2D eigenvalue weighted by Crippen LogP contribution is 2.34. The Morgan fingerprint density at radius 3 is 2.92 bits per heavy atom. The number of hydrogen-bond donors (Lipinski definition) is 2. The van der Waals surface area contributed by atoms with Crippen molar-refractivity contribution in [3.63, 3.8) is 0 Å². The number of aromatic nitrogens is 4. The van der Waals surface area contributed by atoms with Crippen LogP contribution >= 0.6 is 11.8 Å². The molecule has 3 aromatic rings. The molecule has 2 heterocycles. The van der Waals surface area contributed by atoms with Crippen LogP contribution in [0.2, 0.25) is 0 Å². The van der Waals surface area contributed by atoms with Crippen molar-refractivity contribution in [2.24, 2.45) is 0 Å². The predicted octanol–water partition coefficient (Wildman–Crippen LogP) is 3.38. The Labute approximate surface area is 139 Å². The maximum atomic E-state index is 12.3. The molecule has 0 spiro atoms. The molecule has 10 heteroatoms. The number of thioether (sulfide) groups is 1. The first-order chi connectivity index (χ1) is 11.6. The lowest BCUT2D eigenvalue weighted by Crippen LogP contribution is -2.02. The topological polar surface area (TPSA) is 94.1 Å². The molecule has 0 bridgehead atoms. The van der Waals surface area contributed by atoms with Gasteiger partial charge in [-0.25, -0.2) is 9.83 Å². The van der Waals surface area contributed by atoms with Crippen LogP contribution in [0.3, 0.4) is 0 Å². The third kappa shape index (κ3) is 3.36. The second kappa shape index (κ2) is 6.67. The standard InChI is InChI=1S/C14H10F2N6OS/c1-18-9-3-2-8(23-14(15)16)4-7(9)6-24-10-5-11(17)19-13-12(10)20-22-21-13/h2-5,14H,6H2,(H3,17,19,20,21,22). The van der Waals surface area contributed by atoms with E-state index in [1.807, 2.05) is 0 Å². The van der Waals surface area contributed by atoms with Crippen LogP contribution in [-0.4, -0.2) is 27.0 Å². The number of pyridine rings is 1. The highest BCUT2D eigenvalue weighted by Gasteiger charge is 2.12. The fraction of sp³-hybridized carbons (Fsp3) is 0.143. The fourth-order valence-corrected chi connectivity index (χ4v) is 3.07. The molecule has 1 aromatic carbocycles. The van der Waals surface area contributed by atoms with Gasteiger partial charge >= 0.3 is 6.61 Å². The van der Waals surface area contributed by atoms with E-state index < -0.39 is 6.61 Å². The minimum atomic E-state index is -2.92. The summed E-state index contributed by atoms with van der Waals surface area (Å²) in [5.74, 6) is 0.650. The van der Waals surface area contributed by atoms with Crippen LogP contribution < -0.4 is 10.5 Å². The summed E-state index contributed by atoms with van der Waals surface area (Å²) in [6.45, 7) is 4.27. The number of fused-ring (bicyclic) bond motifs is 1. The second-order valence-corrected chi connectivity index (χ2v) is 5.63. The Balaban J connectivity index is 1.87. The monoisotopic (exact) mass is 348 g/mol. The smallest absolute Gasteiger partial charge is 0.387 e. The molecule has 0 aliphatic carbocycles. The Kier molecular flexibility index (Phi) is 4.43. The van der Waals surface area contributed by atoms with E-state index in [1.54, 1.807) is 6.07 Å². The van der Waals surface area contributed by atoms with Crippen molar-refractivity contribution >= 4 is 34.4 Å². The normalized spacial score (nSPS) is 10.9. The van der Waals surface area contributed by atoms with Gasteiger partial charge in [0.25, 0.3) is 0 Å². The summed E-state index contributed by atoms with van der Waals surface area (Å²) in [6, 6.07) is 5.87. The van der Waals surface area contributed by atoms with Gasteiger partial charge in [-0.2, -0.15) is 19.1 Å². The molecule has 7 nitrogen and oxygen atoms in total. The number of alkyl halides is 2. The summed E-state index contributed by atoms with van der Waals surface area (Å²) in [4.78, 5) is 8.16. The maximum absolute atomic E-state index is 12.3. The number of nitrogens with one attached hydrogen (secondary N) is 1. The zero-order chi connectivity index (χ0) is 17.1. The van der Waals surface area contributed by atoms with Crippen molar-refractivity contribution in [3.05, 3.63) is 41.2 Å². The number of halogens is 2. The Morgan fingerprint density at radius 2 is 2.17 bits per heavy atom. The van der Waals surface area contributed by atoms with Gasteiger partial charge in [-0.05, 0) is 23.8 Å². The number of nitrogens with zero attached hydrogens (tertiary/aromatic N) is 4. The van der Waals surface area contributed by atoms with Gasteiger partial charge in [0.2, 0.25) is 5.65 Å². The fourth-order valence-electron chi connectivity index (χ4n) is 2.05. The summed E-state index contributed by atoms with van der Waals surface area (Å²) >= 11 is 1.35. The molecular weight excluding hydrogens is 338 g/mol. The minimum Gasteiger partial charge on any atom is -0.435 e. The predicted molar refractivity (Wildman–Crippen MR) is 85.0 cm³/mol. The number of anilines is 1. The first-order valence-electron chi connectivity index (χ1n) is 6.62. The lowest BCUT2D eigenvalue weighted by atomic mass is 10.2. The number of rotatable bonds is 5. The van der Waals surface area contributed by atoms with Crippen LogP contribution in [0.15, 0.2) is 29.2 Å². The molecule has 0 fully saturated rings. The van der Waals surface area contributed by atoms with Crippen molar-refractivity contribution in [2.45, 2.75) is 17.3 Å². The van der Waals surface area contributed by atoms with Crippen LogP contribution in [-0.2, 0) is 5.75 Å². The first kappa shape index (κ1) is 15.9. The van der Waals surface area contributed by atoms with E-state index in [2.05, 4.69) is 30.0 Å². The Bertz CT molecular complexity index is 923. The molecule has 0 saturated carbocycles. The average Bonchev–Trinajstić information content (AvgIpc) is 3.00. The van der Waals surface area contributed by atoms with E-state index >= 15 is 0 Å². The summed E-state index contributed by atoms with van der Waals surface area (Å²) in [5, 5.41) is 10.4. The lowest BCUT2D eigenvalue weighted by Gasteiger charge is -2.09. The lowest BCUT2D eigenvalue weighted by molar-refractivity contribution is -0.0498. The number of ether oxygens (including phenoxy) is 1. The third-order valence-corrected chi connectivity index (χ3v) is 4.13. The molecule has 0 radical (unpaired) electrons. The van der Waals surface area contributed by atoms with Gasteiger partial charge in [0.15, 0.2) is 5.69 Å². The van der Waals surface area contributed by atoms with Crippen LogP contribution in [0.5, 0.6) is 5.75 Å². The molecular formula is C14H10F2N6OS. The van der Waals surface area contributed by atoms with Gasteiger partial charge in [-0.15, -0.1) is 16.9 Å². The van der Waals surface area contributed by atoms with E-state index in [4.69, 9.17) is 12.3 Å². The van der Waals surface area contributed by atoms with E-state index in [0.29, 0.717) is 34.0 Å². The van der Waals surface area contributed by atoms with Gasteiger partial charge in [0, 0.05) is 10.6 Å². The highest BCUT2D eigenvalue weighted by molar-refractivity contribution is 7.98. The SMILES string of the molecule is [C-]#[N+]c1ccc(OC(F)F)cc1CSc1cc(N)nc2n[nH]nc12. The van der Waals surface area contributed by atoms with Crippen molar-refractivity contribution in [1.29, 1.82) is 0 Å². The van der Waals surface area contributed by atoms with Crippen molar-refractivity contribution in [2.75, 3.05) is 5.73 Å². The number of hydrogen-bond acceptors (Lipinski definition) is 6. The minimum absolute atomic E-state index is 0.00817. The molecule has 0 unspecified atom stereocenters. The third-order valence-electron chi connectivity index (χ3n) is 3.06. The Hall–Kier alpha value is -2.93. The van der Waals surface area contributed by atoms with Gasteiger partial charge in [-0.3, -0.25) is 0 Å². The molecule has 122 valence electrons. The molecule has 0 aliphatic heterocycles. The Morgan fingerprint density at radius 1 is 1.33 bits per heavy atom. The first-order valence-corrected chi connectivity index (χ1v) is 7.60. The molecule has 0 amide bonds. The van der Waals surface area contributed by atoms with Crippen molar-refractivity contribution < 1.29 is 13.5 Å². The largest absolute Gasteiger partial charge is 0.435 e. The molecule has 24 heavy (non-hydrogen) atoms. The highest BCUT2D eigenvalue weighted by atomic mass is 32.2. The summed E-state index contributed by atoms with van der Waals surface area (Å²) in [6.07, 6.45) is 0. The average molecular weight is 348 g/mol. The van der Waals surface area contributed by atoms with Crippen LogP contribution in [0.1, 0.15) is 5.56 Å². The van der Waals surface area contributed by atoms with E-state index in [0.717, 1.165) is 4.90 Å². The zero-order valence-corrected chi connectivity index (χ0v) is 12.8. The number of aromatic amines is 1. The number of benzene rings is 1. The summed E-state index contributed by atoms with van der Waals surface area (Å²) in [5.41, 5.74) is 7.60. The van der Waals surface area contributed by atoms with Crippen LogP contribution in [0, 0.1) is 6.57 Å². The van der Waals surface area contributed by atoms with Crippen LogP contribution in [0.4, 0.5) is 20.3 Å². The number of nitrogen functional groups attached to an aromatic ring is 1. The number of H-pyrrole nitrogens is 1. The molecule has 0 saturated heterocycles. The molecule has 2 aromatic heterocycles. The second-order valence-electron chi connectivity index (χ2n) is 4.61.